The predicted molar refractivity (Wildman–Crippen MR) is 171 cm³/mol. The Bertz CT molecular complexity index is 1490. The quantitative estimate of drug-likeness (QED) is 0.177. The van der Waals surface area contributed by atoms with Crippen molar-refractivity contribution in [2.24, 2.45) is 0 Å². The molecule has 0 spiro atoms. The third-order valence-electron chi connectivity index (χ3n) is 7.40. The summed E-state index contributed by atoms with van der Waals surface area (Å²) >= 11 is 0. The Labute approximate surface area is 254 Å². The van der Waals surface area contributed by atoms with Gasteiger partial charge in [0.15, 0.2) is 0 Å². The van der Waals surface area contributed by atoms with Gasteiger partial charge in [-0.15, -0.1) is 0 Å². The first kappa shape index (κ1) is 30.2. The highest BCUT2D eigenvalue weighted by Crippen LogP contribution is 2.33. The van der Waals surface area contributed by atoms with Gasteiger partial charge in [0.2, 0.25) is 0 Å². The molecule has 1 aliphatic rings. The normalized spacial score (nSPS) is 17.2. The minimum absolute atomic E-state index is 0.142. The van der Waals surface area contributed by atoms with Crippen LogP contribution in [0.1, 0.15) is 44.2 Å². The Morgan fingerprint density at radius 1 is 0.814 bits per heavy atom. The van der Waals surface area contributed by atoms with Crippen molar-refractivity contribution in [2.45, 2.75) is 51.4 Å². The van der Waals surface area contributed by atoms with Crippen LogP contribution in [-0.2, 0) is 16.1 Å². The Balaban J connectivity index is 1.20. The maximum Gasteiger partial charge on any atom is 0.410 e. The molecule has 1 saturated heterocycles. The van der Waals surface area contributed by atoms with Crippen LogP contribution in [0, 0.1) is 0 Å². The molecule has 1 heterocycles. The zero-order chi connectivity index (χ0) is 30.1. The highest BCUT2D eigenvalue weighted by Gasteiger charge is 2.35. The van der Waals surface area contributed by atoms with Crippen LogP contribution < -0.4 is 9.47 Å². The minimum atomic E-state index is -0.546. The number of nitrogens with zero attached hydrogens (tertiary/aromatic N) is 1. The van der Waals surface area contributed by atoms with Gasteiger partial charge < -0.3 is 23.8 Å². The topological polar surface area (TPSA) is 57.2 Å². The Hall–Kier alpha value is -4.29. The molecule has 2 atom stereocenters. The van der Waals surface area contributed by atoms with Crippen molar-refractivity contribution >= 4 is 16.9 Å². The lowest BCUT2D eigenvalue weighted by molar-refractivity contribution is -0.0359. The second-order valence-corrected chi connectivity index (χ2v) is 11.8. The molecule has 224 valence electrons. The van der Waals surface area contributed by atoms with Crippen molar-refractivity contribution in [2.75, 3.05) is 26.3 Å². The van der Waals surface area contributed by atoms with Gasteiger partial charge in [0.05, 0.1) is 19.3 Å². The van der Waals surface area contributed by atoms with E-state index in [2.05, 4.69) is 42.5 Å². The van der Waals surface area contributed by atoms with Gasteiger partial charge in [-0.25, -0.2) is 4.79 Å². The summed E-state index contributed by atoms with van der Waals surface area (Å²) in [4.78, 5) is 14.7. The molecule has 6 nitrogen and oxygen atoms in total. The summed E-state index contributed by atoms with van der Waals surface area (Å²) in [5.41, 5.74) is 1.74. The third kappa shape index (κ3) is 8.85. The Morgan fingerprint density at radius 3 is 2.16 bits per heavy atom. The molecule has 4 aromatic rings. The molecule has 0 N–H and O–H groups in total. The zero-order valence-corrected chi connectivity index (χ0v) is 25.3. The van der Waals surface area contributed by atoms with Crippen molar-refractivity contribution in [3.8, 4) is 11.5 Å². The second kappa shape index (κ2) is 14.3. The molecular weight excluding hydrogens is 538 g/mol. The molecule has 2 unspecified atom stereocenters. The fraction of sp³-hybridized carbons (Fsp3) is 0.324. The smallest absolute Gasteiger partial charge is 0.410 e. The fourth-order valence-electron chi connectivity index (χ4n) is 5.24. The monoisotopic (exact) mass is 579 g/mol. The maximum atomic E-state index is 12.9. The first-order valence-electron chi connectivity index (χ1n) is 15.0. The minimum Gasteiger partial charge on any atom is -0.490 e. The molecule has 0 bridgehead atoms. The zero-order valence-electron chi connectivity index (χ0n) is 25.3. The van der Waals surface area contributed by atoms with Gasteiger partial charge >= 0.3 is 6.09 Å². The molecule has 5 rings (SSSR count). The largest absolute Gasteiger partial charge is 0.490 e. The number of benzene rings is 4. The predicted octanol–water partition coefficient (Wildman–Crippen LogP) is 8.16. The number of ether oxygens (including phenoxy) is 4. The number of amides is 1. The summed E-state index contributed by atoms with van der Waals surface area (Å²) in [6.45, 7) is 8.19. The molecule has 1 amide bonds. The number of carbonyl (C=O) groups is 1. The van der Waals surface area contributed by atoms with Gasteiger partial charge in [-0.3, -0.25) is 0 Å². The van der Waals surface area contributed by atoms with E-state index in [0.29, 0.717) is 32.9 Å². The Morgan fingerprint density at radius 2 is 1.47 bits per heavy atom. The van der Waals surface area contributed by atoms with E-state index in [4.69, 9.17) is 18.9 Å². The van der Waals surface area contributed by atoms with Gasteiger partial charge in [0.1, 0.15) is 30.3 Å². The lowest BCUT2D eigenvalue weighted by atomic mass is 9.87. The summed E-state index contributed by atoms with van der Waals surface area (Å²) < 4.78 is 23.8. The van der Waals surface area contributed by atoms with Crippen LogP contribution in [0.4, 0.5) is 4.79 Å². The number of hydrogen-bond acceptors (Lipinski definition) is 5. The number of fused-ring (bicyclic) bond motifs is 1. The molecule has 1 aliphatic heterocycles. The summed E-state index contributed by atoms with van der Waals surface area (Å²) in [6.07, 6.45) is 4.23. The molecule has 4 aromatic carbocycles. The van der Waals surface area contributed by atoms with Crippen molar-refractivity contribution in [1.82, 2.24) is 4.90 Å². The van der Waals surface area contributed by atoms with Gasteiger partial charge in [-0.2, -0.15) is 0 Å². The van der Waals surface area contributed by atoms with Crippen molar-refractivity contribution in [3.63, 3.8) is 0 Å². The molecule has 43 heavy (non-hydrogen) atoms. The summed E-state index contributed by atoms with van der Waals surface area (Å²) in [5, 5.41) is 2.39. The number of piperidine rings is 1. The van der Waals surface area contributed by atoms with E-state index in [9.17, 15) is 4.79 Å². The molecule has 0 aromatic heterocycles. The number of likely N-dealkylation sites (tertiary alicyclic amines) is 1. The first-order chi connectivity index (χ1) is 20.8. The molecule has 0 radical (unpaired) electrons. The standard InChI is InChI=1S/C37H41NO5/c1-37(2,3)43-36(39)38-22-21-34(35(26-38)42-27-28-15-16-29-11-7-8-12-31(29)25-28)30-17-19-33(20-18-30)41-24-10-9-23-40-32-13-5-4-6-14-32/h4-20,25,34-35H,21-24,26-27H2,1-3H3. The lowest BCUT2D eigenvalue weighted by Crippen LogP contribution is -2.48. The number of carbonyl (C=O) groups excluding carboxylic acids is 1. The fourth-order valence-corrected chi connectivity index (χ4v) is 5.24. The van der Waals surface area contributed by atoms with E-state index in [-0.39, 0.29) is 18.1 Å². The van der Waals surface area contributed by atoms with Gasteiger partial charge in [-0.1, -0.05) is 66.7 Å². The summed E-state index contributed by atoms with van der Waals surface area (Å²) in [6, 6.07) is 32.7. The number of para-hydroxylation sites is 1. The van der Waals surface area contributed by atoms with Crippen molar-refractivity contribution in [1.29, 1.82) is 0 Å². The highest BCUT2D eigenvalue weighted by atomic mass is 16.6. The van der Waals surface area contributed by atoms with Crippen LogP contribution in [0.3, 0.4) is 0 Å². The second-order valence-electron chi connectivity index (χ2n) is 11.8. The molecule has 1 fully saturated rings. The van der Waals surface area contributed by atoms with Crippen LogP contribution in [-0.4, -0.2) is 49.0 Å². The average molecular weight is 580 g/mol. The van der Waals surface area contributed by atoms with E-state index in [1.165, 1.54) is 16.3 Å². The van der Waals surface area contributed by atoms with Crippen LogP contribution >= 0.6 is 0 Å². The van der Waals surface area contributed by atoms with E-state index >= 15 is 0 Å². The molecule has 6 heteroatoms. The highest BCUT2D eigenvalue weighted by molar-refractivity contribution is 5.82. The Kier molecular flexibility index (Phi) is 10.0. The maximum absolute atomic E-state index is 12.9. The van der Waals surface area contributed by atoms with Crippen LogP contribution in [0.2, 0.25) is 0 Å². The lowest BCUT2D eigenvalue weighted by Gasteiger charge is -2.39. The van der Waals surface area contributed by atoms with Crippen molar-refractivity contribution in [3.05, 3.63) is 120 Å². The van der Waals surface area contributed by atoms with Crippen molar-refractivity contribution < 1.29 is 23.7 Å². The van der Waals surface area contributed by atoms with E-state index in [1.54, 1.807) is 4.90 Å². The number of rotatable bonds is 10. The van der Waals surface area contributed by atoms with E-state index in [1.807, 2.05) is 87.5 Å². The SMILES string of the molecule is CC(C)(C)OC(=O)N1CCC(c2ccc(OCC=CCOc3ccccc3)cc2)C(OCc2ccc3ccccc3c2)C1. The third-order valence-corrected chi connectivity index (χ3v) is 7.40. The van der Waals surface area contributed by atoms with Gasteiger partial charge in [0, 0.05) is 12.5 Å². The van der Waals surface area contributed by atoms with Gasteiger partial charge in [-0.05, 0) is 91.6 Å². The molecule has 0 saturated carbocycles. The molecule has 0 aliphatic carbocycles. The van der Waals surface area contributed by atoms with Gasteiger partial charge in [0.25, 0.3) is 0 Å². The van der Waals surface area contributed by atoms with Crippen LogP contribution in [0.15, 0.2) is 109 Å². The molecular formula is C37H41NO5. The summed E-state index contributed by atoms with van der Waals surface area (Å²) in [5.74, 6) is 1.79. The van der Waals surface area contributed by atoms with E-state index < -0.39 is 5.60 Å². The number of hydrogen-bond donors (Lipinski definition) is 0. The first-order valence-corrected chi connectivity index (χ1v) is 15.0. The van der Waals surface area contributed by atoms with E-state index in [0.717, 1.165) is 23.5 Å². The average Bonchev–Trinajstić information content (AvgIpc) is 3.01. The van der Waals surface area contributed by atoms with Crippen LogP contribution in [0.25, 0.3) is 10.8 Å². The summed E-state index contributed by atoms with van der Waals surface area (Å²) in [7, 11) is 0. The van der Waals surface area contributed by atoms with Crippen LogP contribution in [0.5, 0.6) is 11.5 Å².